The molecule has 3 aromatic rings. The first kappa shape index (κ1) is 17.5. The van der Waals surface area contributed by atoms with Crippen LogP contribution in [0.1, 0.15) is 18.2 Å². The van der Waals surface area contributed by atoms with Crippen LogP contribution in [-0.2, 0) is 4.79 Å². The summed E-state index contributed by atoms with van der Waals surface area (Å²) in [6, 6.07) is 11.2. The molecule has 1 aliphatic rings. The van der Waals surface area contributed by atoms with Crippen molar-refractivity contribution in [1.82, 2.24) is 10.1 Å². The van der Waals surface area contributed by atoms with E-state index >= 15 is 0 Å². The lowest BCUT2D eigenvalue weighted by Gasteiger charge is -2.17. The van der Waals surface area contributed by atoms with Crippen molar-refractivity contribution < 1.29 is 18.4 Å². The highest BCUT2D eigenvalue weighted by Gasteiger charge is 2.35. The lowest BCUT2D eigenvalue weighted by molar-refractivity contribution is -0.117. The molecule has 0 spiro atoms. The van der Waals surface area contributed by atoms with Gasteiger partial charge in [-0.2, -0.15) is 4.98 Å². The van der Waals surface area contributed by atoms with Crippen LogP contribution in [0.15, 0.2) is 47.0 Å². The van der Waals surface area contributed by atoms with Crippen LogP contribution in [0.3, 0.4) is 0 Å². The standard InChI is InChI=1S/C19H15ClFN3O3/c1-26-16-5-3-2-4-13(16)19-22-18(23-27-19)11-8-17(25)24(10-11)15-9-12(21)6-7-14(15)20/h2-7,9,11H,8,10H2,1H3. The van der Waals surface area contributed by atoms with Crippen molar-refractivity contribution in [3.63, 3.8) is 0 Å². The molecule has 1 atom stereocenters. The summed E-state index contributed by atoms with van der Waals surface area (Å²) in [5.74, 6) is 0.448. The number of aromatic nitrogens is 2. The molecule has 0 bridgehead atoms. The number of hydrogen-bond donors (Lipinski definition) is 0. The Balaban J connectivity index is 1.60. The summed E-state index contributed by atoms with van der Waals surface area (Å²) in [6.45, 7) is 0.299. The Kier molecular flexibility index (Phi) is 4.53. The van der Waals surface area contributed by atoms with Gasteiger partial charge < -0.3 is 14.2 Å². The van der Waals surface area contributed by atoms with Gasteiger partial charge in [-0.3, -0.25) is 4.79 Å². The van der Waals surface area contributed by atoms with Crippen LogP contribution < -0.4 is 9.64 Å². The van der Waals surface area contributed by atoms with Crippen molar-refractivity contribution in [2.24, 2.45) is 0 Å². The van der Waals surface area contributed by atoms with E-state index in [9.17, 15) is 9.18 Å². The number of ether oxygens (including phenoxy) is 1. The highest BCUT2D eigenvalue weighted by atomic mass is 35.5. The average Bonchev–Trinajstić information content (AvgIpc) is 3.30. The second kappa shape index (κ2) is 7.00. The molecular formula is C19H15ClFN3O3. The lowest BCUT2D eigenvalue weighted by Crippen LogP contribution is -2.24. The maximum absolute atomic E-state index is 13.6. The number of nitrogens with zero attached hydrogens (tertiary/aromatic N) is 3. The van der Waals surface area contributed by atoms with Gasteiger partial charge in [0.2, 0.25) is 5.91 Å². The van der Waals surface area contributed by atoms with E-state index in [0.29, 0.717) is 40.3 Å². The molecule has 1 aromatic heterocycles. The summed E-state index contributed by atoms with van der Waals surface area (Å²) >= 11 is 6.13. The molecule has 0 aliphatic carbocycles. The van der Waals surface area contributed by atoms with Crippen LogP contribution in [0.2, 0.25) is 5.02 Å². The Hall–Kier alpha value is -2.93. The predicted octanol–water partition coefficient (Wildman–Crippen LogP) is 4.06. The Bertz CT molecular complexity index is 1010. The molecule has 8 heteroatoms. The van der Waals surface area contributed by atoms with Crippen molar-refractivity contribution in [3.05, 3.63) is 59.1 Å². The first-order valence-corrected chi connectivity index (χ1v) is 8.67. The van der Waals surface area contributed by atoms with Crippen LogP contribution in [-0.4, -0.2) is 29.7 Å². The number of rotatable bonds is 4. The number of carbonyl (C=O) groups is 1. The van der Waals surface area contributed by atoms with Crippen molar-refractivity contribution in [1.29, 1.82) is 0 Å². The van der Waals surface area contributed by atoms with Crippen LogP contribution in [0.25, 0.3) is 11.5 Å². The van der Waals surface area contributed by atoms with Gasteiger partial charge in [-0.1, -0.05) is 28.9 Å². The first-order valence-electron chi connectivity index (χ1n) is 8.29. The number of benzene rings is 2. The third-order valence-corrected chi connectivity index (χ3v) is 4.79. The van der Waals surface area contributed by atoms with E-state index in [1.807, 2.05) is 18.2 Å². The zero-order valence-electron chi connectivity index (χ0n) is 14.4. The number of methoxy groups -OCH3 is 1. The number of para-hydroxylation sites is 1. The van der Waals surface area contributed by atoms with Gasteiger partial charge in [-0.25, -0.2) is 4.39 Å². The number of halogens is 2. The van der Waals surface area contributed by atoms with Crippen molar-refractivity contribution >= 4 is 23.2 Å². The minimum Gasteiger partial charge on any atom is -0.496 e. The van der Waals surface area contributed by atoms with Crippen molar-refractivity contribution in [3.8, 4) is 17.2 Å². The molecule has 27 heavy (non-hydrogen) atoms. The first-order chi connectivity index (χ1) is 13.1. The lowest BCUT2D eigenvalue weighted by atomic mass is 10.1. The summed E-state index contributed by atoms with van der Waals surface area (Å²) in [5.41, 5.74) is 1.02. The molecule has 0 saturated carbocycles. The van der Waals surface area contributed by atoms with Crippen molar-refractivity contribution in [2.75, 3.05) is 18.6 Å². The number of amides is 1. The molecule has 1 aliphatic heterocycles. The molecule has 2 aromatic carbocycles. The van der Waals surface area contributed by atoms with Gasteiger partial charge in [0.1, 0.15) is 11.6 Å². The minimum atomic E-state index is -0.455. The van der Waals surface area contributed by atoms with Crippen LogP contribution in [0.5, 0.6) is 5.75 Å². The zero-order chi connectivity index (χ0) is 19.0. The maximum Gasteiger partial charge on any atom is 0.261 e. The van der Waals surface area contributed by atoms with Crippen LogP contribution in [0, 0.1) is 5.82 Å². The van der Waals surface area contributed by atoms with E-state index < -0.39 is 5.82 Å². The Labute approximate surface area is 159 Å². The van der Waals surface area contributed by atoms with E-state index in [1.165, 1.54) is 23.1 Å². The summed E-state index contributed by atoms with van der Waals surface area (Å²) in [5, 5.41) is 4.34. The Morgan fingerprint density at radius 3 is 2.93 bits per heavy atom. The number of anilines is 1. The molecule has 1 unspecified atom stereocenters. The van der Waals surface area contributed by atoms with Gasteiger partial charge in [0, 0.05) is 18.9 Å². The fraction of sp³-hybridized carbons (Fsp3) is 0.211. The van der Waals surface area contributed by atoms with Crippen LogP contribution >= 0.6 is 11.6 Å². The zero-order valence-corrected chi connectivity index (χ0v) is 15.1. The highest BCUT2D eigenvalue weighted by Crippen LogP contribution is 2.36. The molecule has 1 fully saturated rings. The Morgan fingerprint density at radius 1 is 1.30 bits per heavy atom. The second-order valence-electron chi connectivity index (χ2n) is 6.16. The highest BCUT2D eigenvalue weighted by molar-refractivity contribution is 6.33. The minimum absolute atomic E-state index is 0.170. The molecule has 2 heterocycles. The van der Waals surface area contributed by atoms with E-state index in [1.54, 1.807) is 13.2 Å². The molecule has 138 valence electrons. The second-order valence-corrected chi connectivity index (χ2v) is 6.57. The number of hydrogen-bond acceptors (Lipinski definition) is 5. The predicted molar refractivity (Wildman–Crippen MR) is 97.4 cm³/mol. The third-order valence-electron chi connectivity index (χ3n) is 4.47. The number of carbonyl (C=O) groups excluding carboxylic acids is 1. The Morgan fingerprint density at radius 2 is 2.11 bits per heavy atom. The molecule has 1 saturated heterocycles. The summed E-state index contributed by atoms with van der Waals surface area (Å²) in [6.07, 6.45) is 0.192. The summed E-state index contributed by atoms with van der Waals surface area (Å²) < 4.78 is 24.2. The molecule has 0 radical (unpaired) electrons. The van der Waals surface area contributed by atoms with Gasteiger partial charge in [-0.15, -0.1) is 0 Å². The summed E-state index contributed by atoms with van der Waals surface area (Å²) in [4.78, 5) is 18.3. The fourth-order valence-electron chi connectivity index (χ4n) is 3.14. The summed E-state index contributed by atoms with van der Waals surface area (Å²) in [7, 11) is 1.56. The molecule has 6 nitrogen and oxygen atoms in total. The molecule has 1 amide bonds. The van der Waals surface area contributed by atoms with Gasteiger partial charge in [0.25, 0.3) is 5.89 Å². The smallest absolute Gasteiger partial charge is 0.261 e. The monoisotopic (exact) mass is 387 g/mol. The van der Waals surface area contributed by atoms with Gasteiger partial charge in [0.05, 0.1) is 23.4 Å². The van der Waals surface area contributed by atoms with E-state index in [0.717, 1.165) is 0 Å². The average molecular weight is 388 g/mol. The van der Waals surface area contributed by atoms with Crippen molar-refractivity contribution in [2.45, 2.75) is 12.3 Å². The topological polar surface area (TPSA) is 68.5 Å². The van der Waals surface area contributed by atoms with E-state index in [2.05, 4.69) is 10.1 Å². The molecular weight excluding hydrogens is 373 g/mol. The maximum atomic E-state index is 13.6. The molecule has 0 N–H and O–H groups in total. The fourth-order valence-corrected chi connectivity index (χ4v) is 3.36. The van der Waals surface area contributed by atoms with Gasteiger partial charge in [-0.05, 0) is 30.3 Å². The largest absolute Gasteiger partial charge is 0.496 e. The third kappa shape index (κ3) is 3.26. The van der Waals surface area contributed by atoms with E-state index in [4.69, 9.17) is 20.9 Å². The molecule has 4 rings (SSSR count). The SMILES string of the molecule is COc1ccccc1-c1nc(C2CC(=O)N(c3cc(F)ccc3Cl)C2)no1. The van der Waals surface area contributed by atoms with E-state index in [-0.39, 0.29) is 18.2 Å². The van der Waals surface area contributed by atoms with Crippen LogP contribution in [0.4, 0.5) is 10.1 Å². The quantitative estimate of drug-likeness (QED) is 0.675. The normalized spacial score (nSPS) is 16.8. The van der Waals surface area contributed by atoms with Gasteiger partial charge >= 0.3 is 0 Å². The van der Waals surface area contributed by atoms with Gasteiger partial charge in [0.15, 0.2) is 5.82 Å².